The average Bonchev–Trinajstić information content (AvgIpc) is 2.67. The van der Waals surface area contributed by atoms with Gasteiger partial charge in [-0.15, -0.1) is 0 Å². The lowest BCUT2D eigenvalue weighted by molar-refractivity contribution is -0.137. The van der Waals surface area contributed by atoms with Gasteiger partial charge in [-0.05, 0) is 23.3 Å². The Morgan fingerprint density at radius 3 is 1.90 bits per heavy atom. The van der Waals surface area contributed by atoms with Crippen molar-refractivity contribution in [1.82, 2.24) is 10.6 Å². The summed E-state index contributed by atoms with van der Waals surface area (Å²) < 4.78 is 38.1. The normalized spacial score (nSPS) is 13.2. The number of carbonyl (C=O) groups is 3. The molecule has 2 aromatic rings. The third-order valence-electron chi connectivity index (χ3n) is 4.36. The SMILES string of the molecule is CC(=O)N[C@@H](Cc1ccccc1)C(=O)N[C@@H](Cc1ccc(C(F)(F)F)cc1)C(N)=O. The molecular formula is C21H22F3N3O3. The molecule has 0 aliphatic carbocycles. The van der Waals surface area contributed by atoms with Crippen LogP contribution in [0.3, 0.4) is 0 Å². The maximum absolute atomic E-state index is 12.7. The Bertz CT molecular complexity index is 884. The van der Waals surface area contributed by atoms with Crippen LogP contribution in [0.4, 0.5) is 13.2 Å². The van der Waals surface area contributed by atoms with Gasteiger partial charge in [0.1, 0.15) is 12.1 Å². The lowest BCUT2D eigenvalue weighted by Crippen LogP contribution is -2.54. The van der Waals surface area contributed by atoms with Crippen molar-refractivity contribution >= 4 is 17.7 Å². The van der Waals surface area contributed by atoms with Crippen molar-refractivity contribution in [3.8, 4) is 0 Å². The topological polar surface area (TPSA) is 101 Å². The highest BCUT2D eigenvalue weighted by atomic mass is 19.4. The molecule has 0 spiro atoms. The molecule has 0 bridgehead atoms. The molecule has 9 heteroatoms. The molecule has 0 aliphatic heterocycles. The molecule has 0 aromatic heterocycles. The van der Waals surface area contributed by atoms with Crippen LogP contribution in [0.1, 0.15) is 23.6 Å². The van der Waals surface area contributed by atoms with Crippen LogP contribution in [-0.2, 0) is 33.4 Å². The number of rotatable bonds is 8. The van der Waals surface area contributed by atoms with Gasteiger partial charge in [-0.1, -0.05) is 42.5 Å². The third kappa shape index (κ3) is 6.91. The number of nitrogens with one attached hydrogen (secondary N) is 2. The van der Waals surface area contributed by atoms with Crippen LogP contribution in [0.15, 0.2) is 54.6 Å². The molecule has 0 saturated heterocycles. The van der Waals surface area contributed by atoms with Gasteiger partial charge in [0.05, 0.1) is 5.56 Å². The lowest BCUT2D eigenvalue weighted by atomic mass is 10.0. The zero-order chi connectivity index (χ0) is 22.3. The number of amides is 3. The van der Waals surface area contributed by atoms with Crippen LogP contribution in [0.5, 0.6) is 0 Å². The Labute approximate surface area is 171 Å². The second kappa shape index (κ2) is 9.91. The fourth-order valence-electron chi connectivity index (χ4n) is 2.87. The number of hydrogen-bond acceptors (Lipinski definition) is 3. The maximum atomic E-state index is 12.7. The molecule has 2 rings (SSSR count). The van der Waals surface area contributed by atoms with Crippen molar-refractivity contribution in [3.05, 3.63) is 71.3 Å². The quantitative estimate of drug-likeness (QED) is 0.607. The Morgan fingerprint density at radius 2 is 1.40 bits per heavy atom. The van der Waals surface area contributed by atoms with E-state index in [9.17, 15) is 27.6 Å². The molecule has 0 unspecified atom stereocenters. The smallest absolute Gasteiger partial charge is 0.368 e. The van der Waals surface area contributed by atoms with E-state index in [-0.39, 0.29) is 12.8 Å². The molecule has 0 fully saturated rings. The molecule has 6 nitrogen and oxygen atoms in total. The van der Waals surface area contributed by atoms with Gasteiger partial charge < -0.3 is 16.4 Å². The number of nitrogens with two attached hydrogens (primary N) is 1. The van der Waals surface area contributed by atoms with Gasteiger partial charge in [0.15, 0.2) is 0 Å². The monoisotopic (exact) mass is 421 g/mol. The molecule has 0 saturated carbocycles. The average molecular weight is 421 g/mol. The molecule has 3 amide bonds. The van der Waals surface area contributed by atoms with Gasteiger partial charge >= 0.3 is 6.18 Å². The number of halogens is 3. The first-order valence-corrected chi connectivity index (χ1v) is 9.13. The van der Waals surface area contributed by atoms with Crippen molar-refractivity contribution in [2.45, 2.75) is 38.0 Å². The number of alkyl halides is 3. The second-order valence-corrected chi connectivity index (χ2v) is 6.81. The highest BCUT2D eigenvalue weighted by Crippen LogP contribution is 2.29. The predicted molar refractivity (Wildman–Crippen MR) is 104 cm³/mol. The van der Waals surface area contributed by atoms with E-state index in [1.54, 1.807) is 24.3 Å². The summed E-state index contributed by atoms with van der Waals surface area (Å²) in [5.41, 5.74) is 5.74. The number of primary amides is 1. The minimum Gasteiger partial charge on any atom is -0.368 e. The van der Waals surface area contributed by atoms with E-state index in [0.717, 1.165) is 17.7 Å². The fourth-order valence-corrected chi connectivity index (χ4v) is 2.87. The van der Waals surface area contributed by atoms with E-state index >= 15 is 0 Å². The van der Waals surface area contributed by atoms with Gasteiger partial charge in [-0.3, -0.25) is 14.4 Å². The molecule has 2 atom stereocenters. The minimum absolute atomic E-state index is 0.0860. The summed E-state index contributed by atoms with van der Waals surface area (Å²) in [7, 11) is 0. The van der Waals surface area contributed by atoms with Crippen molar-refractivity contribution in [2.75, 3.05) is 0 Å². The number of benzene rings is 2. The Hall–Kier alpha value is -3.36. The van der Waals surface area contributed by atoms with E-state index < -0.39 is 41.5 Å². The first-order valence-electron chi connectivity index (χ1n) is 9.13. The Morgan fingerprint density at radius 1 is 0.867 bits per heavy atom. The molecule has 30 heavy (non-hydrogen) atoms. The summed E-state index contributed by atoms with van der Waals surface area (Å²) >= 11 is 0. The van der Waals surface area contributed by atoms with Gasteiger partial charge in [0.2, 0.25) is 17.7 Å². The summed E-state index contributed by atoms with van der Waals surface area (Å²) in [6.07, 6.45) is -4.37. The summed E-state index contributed by atoms with van der Waals surface area (Å²) in [4.78, 5) is 36.0. The van der Waals surface area contributed by atoms with E-state index in [1.165, 1.54) is 19.1 Å². The standard InChI is InChI=1S/C21H22F3N3O3/c1-13(28)26-18(12-14-5-3-2-4-6-14)20(30)27-17(19(25)29)11-15-7-9-16(10-8-15)21(22,23)24/h2-10,17-18H,11-12H2,1H3,(H2,25,29)(H,26,28)(H,27,30)/t17-,18-/m0/s1. The summed E-state index contributed by atoms with van der Waals surface area (Å²) in [6, 6.07) is 11.1. The van der Waals surface area contributed by atoms with Crippen LogP contribution < -0.4 is 16.4 Å². The van der Waals surface area contributed by atoms with E-state index in [0.29, 0.717) is 5.56 Å². The van der Waals surface area contributed by atoms with E-state index in [2.05, 4.69) is 10.6 Å². The summed E-state index contributed by atoms with van der Waals surface area (Å²) in [6.45, 7) is 1.26. The van der Waals surface area contributed by atoms with Crippen LogP contribution in [-0.4, -0.2) is 29.8 Å². The number of hydrogen-bond donors (Lipinski definition) is 3. The summed E-state index contributed by atoms with van der Waals surface area (Å²) in [5, 5.41) is 5.02. The van der Waals surface area contributed by atoms with Crippen LogP contribution >= 0.6 is 0 Å². The molecule has 0 heterocycles. The minimum atomic E-state index is -4.47. The number of carbonyl (C=O) groups excluding carboxylic acids is 3. The molecule has 2 aromatic carbocycles. The van der Waals surface area contributed by atoms with E-state index in [1.807, 2.05) is 6.07 Å². The second-order valence-electron chi connectivity index (χ2n) is 6.81. The zero-order valence-electron chi connectivity index (χ0n) is 16.2. The highest BCUT2D eigenvalue weighted by Gasteiger charge is 2.30. The lowest BCUT2D eigenvalue weighted by Gasteiger charge is -2.22. The Balaban J connectivity index is 2.11. The maximum Gasteiger partial charge on any atom is 0.416 e. The third-order valence-corrected chi connectivity index (χ3v) is 4.36. The predicted octanol–water partition coefficient (Wildman–Crippen LogP) is 1.97. The van der Waals surface area contributed by atoms with Crippen LogP contribution in [0.25, 0.3) is 0 Å². The van der Waals surface area contributed by atoms with Crippen LogP contribution in [0, 0.1) is 0 Å². The first-order chi connectivity index (χ1) is 14.1. The van der Waals surface area contributed by atoms with Gasteiger partial charge in [0.25, 0.3) is 0 Å². The largest absolute Gasteiger partial charge is 0.416 e. The molecule has 0 radical (unpaired) electrons. The summed E-state index contributed by atoms with van der Waals surface area (Å²) in [5.74, 6) is -1.89. The molecule has 160 valence electrons. The van der Waals surface area contributed by atoms with Crippen molar-refractivity contribution in [3.63, 3.8) is 0 Å². The highest BCUT2D eigenvalue weighted by molar-refractivity contribution is 5.91. The van der Waals surface area contributed by atoms with Gasteiger partial charge in [0, 0.05) is 19.8 Å². The van der Waals surface area contributed by atoms with Gasteiger partial charge in [-0.2, -0.15) is 13.2 Å². The zero-order valence-corrected chi connectivity index (χ0v) is 16.2. The molecule has 0 aliphatic rings. The van der Waals surface area contributed by atoms with Crippen molar-refractivity contribution in [1.29, 1.82) is 0 Å². The van der Waals surface area contributed by atoms with Gasteiger partial charge in [-0.25, -0.2) is 0 Å². The van der Waals surface area contributed by atoms with Crippen molar-refractivity contribution < 1.29 is 27.6 Å². The Kier molecular flexibility index (Phi) is 7.57. The van der Waals surface area contributed by atoms with E-state index in [4.69, 9.17) is 5.73 Å². The molecule has 4 N–H and O–H groups in total. The van der Waals surface area contributed by atoms with Crippen LogP contribution in [0.2, 0.25) is 0 Å². The molecular weight excluding hydrogens is 399 g/mol. The fraction of sp³-hybridized carbons (Fsp3) is 0.286. The van der Waals surface area contributed by atoms with Crippen molar-refractivity contribution in [2.24, 2.45) is 5.73 Å². The first kappa shape index (κ1) is 22.9.